The molecular weight excluding hydrogens is 214 g/mol. The molecule has 2 rings (SSSR count). The topological polar surface area (TPSA) is 59.2 Å². The molecule has 92 valence electrons. The van der Waals surface area contributed by atoms with E-state index in [-0.39, 0.29) is 17.5 Å². The first-order valence-electron chi connectivity index (χ1n) is 5.94. The Labute approximate surface area is 102 Å². The number of hydrogen-bond acceptors (Lipinski definition) is 3. The van der Waals surface area contributed by atoms with Crippen molar-refractivity contribution in [3.8, 4) is 0 Å². The predicted octanol–water partition coefficient (Wildman–Crippen LogP) is 0.962. The Morgan fingerprint density at radius 1 is 1.53 bits per heavy atom. The lowest BCUT2D eigenvalue weighted by Crippen LogP contribution is -2.43. The molecule has 1 unspecified atom stereocenters. The van der Waals surface area contributed by atoms with E-state index < -0.39 is 0 Å². The van der Waals surface area contributed by atoms with Gasteiger partial charge in [0.05, 0.1) is 6.42 Å². The second-order valence-corrected chi connectivity index (χ2v) is 5.31. The van der Waals surface area contributed by atoms with Crippen molar-refractivity contribution >= 4 is 5.91 Å². The van der Waals surface area contributed by atoms with Crippen molar-refractivity contribution in [3.05, 3.63) is 30.1 Å². The van der Waals surface area contributed by atoms with Gasteiger partial charge in [0, 0.05) is 30.5 Å². The summed E-state index contributed by atoms with van der Waals surface area (Å²) < 4.78 is 0. The Morgan fingerprint density at radius 3 is 2.71 bits per heavy atom. The molecule has 1 aromatic heterocycles. The molecule has 17 heavy (non-hydrogen) atoms. The van der Waals surface area contributed by atoms with Gasteiger partial charge >= 0.3 is 0 Å². The van der Waals surface area contributed by atoms with Crippen molar-refractivity contribution in [3.63, 3.8) is 0 Å². The molecule has 4 heteroatoms. The van der Waals surface area contributed by atoms with Gasteiger partial charge in [0.25, 0.3) is 0 Å². The average Bonchev–Trinajstić information content (AvgIpc) is 2.53. The second-order valence-electron chi connectivity index (χ2n) is 5.31. The van der Waals surface area contributed by atoms with E-state index in [1.54, 1.807) is 12.4 Å². The number of pyridine rings is 1. The Hall–Kier alpha value is -1.42. The third-order valence-corrected chi connectivity index (χ3v) is 3.32. The smallest absolute Gasteiger partial charge is 0.227 e. The highest BCUT2D eigenvalue weighted by Crippen LogP contribution is 2.28. The molecule has 1 aromatic rings. The average molecular weight is 233 g/mol. The van der Waals surface area contributed by atoms with Crippen molar-refractivity contribution in [2.45, 2.75) is 38.3 Å². The normalized spacial score (nSPS) is 22.8. The molecule has 0 saturated carbocycles. The molecular formula is C13H19N3O. The number of hydrogen-bond donors (Lipinski definition) is 1. The highest BCUT2D eigenvalue weighted by Gasteiger charge is 2.39. The molecule has 1 fully saturated rings. The minimum Gasteiger partial charge on any atom is -0.336 e. The summed E-state index contributed by atoms with van der Waals surface area (Å²) in [6.45, 7) is 4.81. The van der Waals surface area contributed by atoms with E-state index in [1.807, 2.05) is 17.0 Å². The number of carbonyl (C=O) groups excluding carboxylic acids is 1. The van der Waals surface area contributed by atoms with Crippen LogP contribution in [0.5, 0.6) is 0 Å². The van der Waals surface area contributed by atoms with E-state index in [1.165, 1.54) is 0 Å². The van der Waals surface area contributed by atoms with Gasteiger partial charge in [-0.2, -0.15) is 0 Å². The quantitative estimate of drug-likeness (QED) is 0.827. The SMILES string of the molecule is CC1(C)CC(N)CN1C(=O)Cc1ccncc1. The lowest BCUT2D eigenvalue weighted by molar-refractivity contribution is -0.133. The van der Waals surface area contributed by atoms with Crippen LogP contribution in [0.15, 0.2) is 24.5 Å². The number of nitrogens with zero attached hydrogens (tertiary/aromatic N) is 2. The van der Waals surface area contributed by atoms with E-state index in [0.717, 1.165) is 12.0 Å². The van der Waals surface area contributed by atoms with Crippen molar-refractivity contribution in [2.75, 3.05) is 6.54 Å². The summed E-state index contributed by atoms with van der Waals surface area (Å²) in [5, 5.41) is 0. The van der Waals surface area contributed by atoms with Crippen LogP contribution >= 0.6 is 0 Å². The van der Waals surface area contributed by atoms with Crippen LogP contribution < -0.4 is 5.73 Å². The molecule has 0 aromatic carbocycles. The first-order chi connectivity index (χ1) is 7.99. The van der Waals surface area contributed by atoms with Crippen LogP contribution in [0.4, 0.5) is 0 Å². The molecule has 4 nitrogen and oxygen atoms in total. The minimum atomic E-state index is -0.121. The Kier molecular flexibility index (Phi) is 3.15. The first-order valence-corrected chi connectivity index (χ1v) is 5.94. The van der Waals surface area contributed by atoms with Gasteiger partial charge in [0.1, 0.15) is 0 Å². The fourth-order valence-electron chi connectivity index (χ4n) is 2.51. The predicted molar refractivity (Wildman–Crippen MR) is 66.3 cm³/mol. The van der Waals surface area contributed by atoms with Crippen molar-refractivity contribution in [1.82, 2.24) is 9.88 Å². The molecule has 0 radical (unpaired) electrons. The van der Waals surface area contributed by atoms with Gasteiger partial charge in [0.2, 0.25) is 5.91 Å². The third kappa shape index (κ3) is 2.64. The summed E-state index contributed by atoms with van der Waals surface area (Å²) >= 11 is 0. The zero-order valence-electron chi connectivity index (χ0n) is 10.4. The Balaban J connectivity index is 2.06. The molecule has 2 N–H and O–H groups in total. The first kappa shape index (κ1) is 12.0. The molecule has 1 aliphatic heterocycles. The fourth-order valence-corrected chi connectivity index (χ4v) is 2.51. The lowest BCUT2D eigenvalue weighted by atomic mass is 10.00. The van der Waals surface area contributed by atoms with Gasteiger partial charge in [-0.05, 0) is 38.0 Å². The van der Waals surface area contributed by atoms with E-state index in [4.69, 9.17) is 5.73 Å². The van der Waals surface area contributed by atoms with Crippen LogP contribution in [0.3, 0.4) is 0 Å². The zero-order chi connectivity index (χ0) is 12.5. The number of likely N-dealkylation sites (tertiary alicyclic amines) is 1. The van der Waals surface area contributed by atoms with Gasteiger partial charge < -0.3 is 10.6 Å². The van der Waals surface area contributed by atoms with Gasteiger partial charge in [0.15, 0.2) is 0 Å². The number of aromatic nitrogens is 1. The van der Waals surface area contributed by atoms with Crippen molar-refractivity contribution in [1.29, 1.82) is 0 Å². The lowest BCUT2D eigenvalue weighted by Gasteiger charge is -2.31. The standard InChI is InChI=1S/C13H19N3O/c1-13(2)8-11(14)9-16(13)12(17)7-10-3-5-15-6-4-10/h3-6,11H,7-9,14H2,1-2H3. The molecule has 1 atom stereocenters. The number of amides is 1. The summed E-state index contributed by atoms with van der Waals surface area (Å²) in [4.78, 5) is 18.1. The fraction of sp³-hybridized carbons (Fsp3) is 0.538. The maximum absolute atomic E-state index is 12.2. The van der Waals surface area contributed by atoms with Crippen LogP contribution in [0, 0.1) is 0 Å². The Bertz CT molecular complexity index is 402. The zero-order valence-corrected chi connectivity index (χ0v) is 10.4. The molecule has 0 bridgehead atoms. The van der Waals surface area contributed by atoms with Crippen molar-refractivity contribution in [2.24, 2.45) is 5.73 Å². The van der Waals surface area contributed by atoms with Crippen molar-refractivity contribution < 1.29 is 4.79 Å². The molecule has 1 amide bonds. The second kappa shape index (κ2) is 4.45. The monoisotopic (exact) mass is 233 g/mol. The Morgan fingerprint density at radius 2 is 2.18 bits per heavy atom. The van der Waals surface area contributed by atoms with E-state index in [2.05, 4.69) is 18.8 Å². The molecule has 0 aliphatic carbocycles. The van der Waals surface area contributed by atoms with Crippen LogP contribution in [0.25, 0.3) is 0 Å². The van der Waals surface area contributed by atoms with Crippen LogP contribution in [0.2, 0.25) is 0 Å². The summed E-state index contributed by atoms with van der Waals surface area (Å²) in [7, 11) is 0. The summed E-state index contributed by atoms with van der Waals surface area (Å²) in [6, 6.07) is 3.85. The van der Waals surface area contributed by atoms with Gasteiger partial charge in [-0.25, -0.2) is 0 Å². The molecule has 1 aliphatic rings. The highest BCUT2D eigenvalue weighted by atomic mass is 16.2. The van der Waals surface area contributed by atoms with E-state index in [0.29, 0.717) is 13.0 Å². The molecule has 1 saturated heterocycles. The van der Waals surface area contributed by atoms with Crippen LogP contribution in [-0.2, 0) is 11.2 Å². The minimum absolute atomic E-state index is 0.103. The van der Waals surface area contributed by atoms with Crippen LogP contribution in [0.1, 0.15) is 25.8 Å². The maximum atomic E-state index is 12.2. The number of rotatable bonds is 2. The van der Waals surface area contributed by atoms with Crippen LogP contribution in [-0.4, -0.2) is 33.9 Å². The summed E-state index contributed by atoms with van der Waals surface area (Å²) in [6.07, 6.45) is 4.72. The molecule has 2 heterocycles. The van der Waals surface area contributed by atoms with E-state index >= 15 is 0 Å². The number of nitrogens with two attached hydrogens (primary N) is 1. The maximum Gasteiger partial charge on any atom is 0.227 e. The number of carbonyl (C=O) groups is 1. The summed E-state index contributed by atoms with van der Waals surface area (Å²) in [5.74, 6) is 0.147. The third-order valence-electron chi connectivity index (χ3n) is 3.32. The van der Waals surface area contributed by atoms with Gasteiger partial charge in [-0.3, -0.25) is 9.78 Å². The largest absolute Gasteiger partial charge is 0.336 e. The van der Waals surface area contributed by atoms with E-state index in [9.17, 15) is 4.79 Å². The molecule has 0 spiro atoms. The van der Waals surface area contributed by atoms with Gasteiger partial charge in [-0.1, -0.05) is 0 Å². The summed E-state index contributed by atoms with van der Waals surface area (Å²) in [5.41, 5.74) is 6.81. The highest BCUT2D eigenvalue weighted by molar-refractivity contribution is 5.79. The van der Waals surface area contributed by atoms with Gasteiger partial charge in [-0.15, -0.1) is 0 Å².